The minimum Gasteiger partial charge on any atom is -0.316 e. The van der Waals surface area contributed by atoms with Crippen molar-refractivity contribution in [2.45, 2.75) is 56.5 Å². The van der Waals surface area contributed by atoms with Gasteiger partial charge >= 0.3 is 0 Å². The Hall–Kier alpha value is -0.0600. The molecule has 0 aliphatic heterocycles. The van der Waals surface area contributed by atoms with Crippen LogP contribution in [0.1, 0.15) is 49.7 Å². The zero-order valence-electron chi connectivity index (χ0n) is 11.3. The molecule has 1 saturated carbocycles. The second-order valence-corrected chi connectivity index (χ2v) is 7.18. The van der Waals surface area contributed by atoms with E-state index in [-0.39, 0.29) is 0 Å². The number of thioether (sulfide) groups is 1. The van der Waals surface area contributed by atoms with Crippen molar-refractivity contribution >= 4 is 23.1 Å². The molecule has 1 fully saturated rings. The maximum absolute atomic E-state index is 4.73. The van der Waals surface area contributed by atoms with Crippen LogP contribution in [0.4, 0.5) is 0 Å². The fourth-order valence-corrected chi connectivity index (χ4v) is 4.49. The van der Waals surface area contributed by atoms with Crippen LogP contribution in [0.25, 0.3) is 0 Å². The molecule has 18 heavy (non-hydrogen) atoms. The molecule has 0 spiro atoms. The molecule has 0 aromatic carbocycles. The Morgan fingerprint density at radius 1 is 1.39 bits per heavy atom. The van der Waals surface area contributed by atoms with Crippen molar-refractivity contribution in [3.63, 3.8) is 0 Å². The Morgan fingerprint density at radius 3 is 3.00 bits per heavy atom. The zero-order valence-corrected chi connectivity index (χ0v) is 12.9. The Balaban J connectivity index is 1.65. The third kappa shape index (κ3) is 4.90. The quantitative estimate of drug-likeness (QED) is 0.734. The van der Waals surface area contributed by atoms with Crippen molar-refractivity contribution in [2.75, 3.05) is 13.1 Å². The van der Waals surface area contributed by atoms with Crippen LogP contribution in [0.3, 0.4) is 0 Å². The molecular formula is C14H24N2S2. The van der Waals surface area contributed by atoms with Gasteiger partial charge in [-0.25, -0.2) is 4.98 Å². The number of nitrogens with one attached hydrogen (secondary N) is 1. The van der Waals surface area contributed by atoms with E-state index >= 15 is 0 Å². The van der Waals surface area contributed by atoms with E-state index in [9.17, 15) is 0 Å². The average molecular weight is 284 g/mol. The number of hydrogen-bond acceptors (Lipinski definition) is 4. The van der Waals surface area contributed by atoms with Crippen molar-refractivity contribution in [3.8, 4) is 0 Å². The lowest BCUT2D eigenvalue weighted by molar-refractivity contribution is 0.666. The largest absolute Gasteiger partial charge is 0.316 e. The van der Waals surface area contributed by atoms with Gasteiger partial charge in [-0.1, -0.05) is 19.8 Å². The van der Waals surface area contributed by atoms with E-state index in [4.69, 9.17) is 4.98 Å². The van der Waals surface area contributed by atoms with Gasteiger partial charge in [-0.05, 0) is 25.8 Å². The Kier molecular flexibility index (Phi) is 6.52. The molecular weight excluding hydrogens is 260 g/mol. The normalized spacial score (nSPS) is 16.5. The van der Waals surface area contributed by atoms with Gasteiger partial charge in [0.1, 0.15) is 5.01 Å². The van der Waals surface area contributed by atoms with Crippen molar-refractivity contribution in [1.82, 2.24) is 10.3 Å². The highest BCUT2D eigenvalue weighted by atomic mass is 32.2. The minimum atomic E-state index is 0.906. The molecule has 4 heteroatoms. The van der Waals surface area contributed by atoms with Crippen molar-refractivity contribution in [3.05, 3.63) is 16.1 Å². The number of hydrogen-bond donors (Lipinski definition) is 1. The highest BCUT2D eigenvalue weighted by Crippen LogP contribution is 2.32. The molecule has 1 aromatic rings. The van der Waals surface area contributed by atoms with E-state index < -0.39 is 0 Å². The lowest BCUT2D eigenvalue weighted by atomic mass is 10.3. The molecule has 102 valence electrons. The highest BCUT2D eigenvalue weighted by Gasteiger charge is 2.15. The molecule has 2 rings (SSSR count). The topological polar surface area (TPSA) is 24.9 Å². The molecule has 1 aliphatic carbocycles. The summed E-state index contributed by atoms with van der Waals surface area (Å²) in [6, 6.07) is 0. The molecule has 0 amide bonds. The van der Waals surface area contributed by atoms with Crippen LogP contribution >= 0.6 is 23.1 Å². The van der Waals surface area contributed by atoms with Gasteiger partial charge in [0.2, 0.25) is 0 Å². The smallest absolute Gasteiger partial charge is 0.103 e. The first kappa shape index (κ1) is 14.4. The molecule has 0 saturated heterocycles. The van der Waals surface area contributed by atoms with E-state index in [0.717, 1.165) is 30.5 Å². The summed E-state index contributed by atoms with van der Waals surface area (Å²) in [7, 11) is 0. The summed E-state index contributed by atoms with van der Waals surface area (Å²) in [5.74, 6) is 1.12. The summed E-state index contributed by atoms with van der Waals surface area (Å²) in [6.45, 7) is 4.38. The molecule has 0 radical (unpaired) electrons. The van der Waals surface area contributed by atoms with Crippen LogP contribution < -0.4 is 5.32 Å². The number of rotatable bonds is 8. The second-order valence-electron chi connectivity index (χ2n) is 4.95. The van der Waals surface area contributed by atoms with Crippen LogP contribution in [0.2, 0.25) is 0 Å². The maximum atomic E-state index is 4.73. The van der Waals surface area contributed by atoms with Crippen molar-refractivity contribution in [1.29, 1.82) is 0 Å². The van der Waals surface area contributed by atoms with Gasteiger partial charge in [0.15, 0.2) is 0 Å². The molecule has 1 aromatic heterocycles. The van der Waals surface area contributed by atoms with Gasteiger partial charge in [0.25, 0.3) is 0 Å². The van der Waals surface area contributed by atoms with Crippen LogP contribution in [0.15, 0.2) is 5.38 Å². The Bertz CT molecular complexity index is 332. The summed E-state index contributed by atoms with van der Waals surface area (Å²) in [6.07, 6.45) is 7.99. The number of aromatic nitrogens is 1. The van der Waals surface area contributed by atoms with E-state index in [1.807, 2.05) is 11.3 Å². The molecule has 1 aliphatic rings. The van der Waals surface area contributed by atoms with Crippen molar-refractivity contribution < 1.29 is 0 Å². The molecule has 0 bridgehead atoms. The summed E-state index contributed by atoms with van der Waals surface area (Å²) in [4.78, 5) is 4.73. The maximum Gasteiger partial charge on any atom is 0.103 e. The standard InChI is InChI=1S/C14H24N2S2/c1-2-8-15-9-7-12-10-18-14(16-12)11-17-13-5-3-4-6-13/h10,13,15H,2-9,11H2,1H3. The predicted molar refractivity (Wildman–Crippen MR) is 82.5 cm³/mol. The summed E-state index contributed by atoms with van der Waals surface area (Å²) < 4.78 is 0. The van der Waals surface area contributed by atoms with Crippen LogP contribution in [-0.4, -0.2) is 23.3 Å². The van der Waals surface area contributed by atoms with Gasteiger partial charge in [-0.2, -0.15) is 11.8 Å². The van der Waals surface area contributed by atoms with Crippen LogP contribution in [-0.2, 0) is 12.2 Å². The Labute approximate surface area is 119 Å². The van der Waals surface area contributed by atoms with Gasteiger partial charge in [0, 0.05) is 29.3 Å². The van der Waals surface area contributed by atoms with Gasteiger partial charge in [-0.15, -0.1) is 11.3 Å². The number of thiazole rings is 1. The van der Waals surface area contributed by atoms with Crippen LogP contribution in [0, 0.1) is 0 Å². The summed E-state index contributed by atoms with van der Waals surface area (Å²) in [5, 5.41) is 7.89. The molecule has 2 nitrogen and oxygen atoms in total. The highest BCUT2D eigenvalue weighted by molar-refractivity contribution is 7.99. The fraction of sp³-hybridized carbons (Fsp3) is 0.786. The molecule has 0 unspecified atom stereocenters. The third-order valence-corrected chi connectivity index (χ3v) is 5.79. The predicted octanol–water partition coefficient (Wildman–Crippen LogP) is 3.86. The fourth-order valence-electron chi connectivity index (χ4n) is 2.29. The van der Waals surface area contributed by atoms with Crippen molar-refractivity contribution in [2.24, 2.45) is 0 Å². The third-order valence-electron chi connectivity index (χ3n) is 3.33. The van der Waals surface area contributed by atoms with Gasteiger partial charge in [-0.3, -0.25) is 0 Å². The number of nitrogens with zero attached hydrogens (tertiary/aromatic N) is 1. The van der Waals surface area contributed by atoms with Gasteiger partial charge in [0.05, 0.1) is 5.69 Å². The summed E-state index contributed by atoms with van der Waals surface area (Å²) >= 11 is 3.95. The summed E-state index contributed by atoms with van der Waals surface area (Å²) in [5.41, 5.74) is 1.27. The minimum absolute atomic E-state index is 0.906. The van der Waals surface area contributed by atoms with E-state index in [1.165, 1.54) is 42.8 Å². The molecule has 1 N–H and O–H groups in total. The lowest BCUT2D eigenvalue weighted by Gasteiger charge is -2.05. The van der Waals surface area contributed by atoms with E-state index in [0.29, 0.717) is 0 Å². The first-order chi connectivity index (χ1) is 8.88. The zero-order chi connectivity index (χ0) is 12.6. The first-order valence-corrected chi connectivity index (χ1v) is 9.07. The molecule has 0 atom stereocenters. The molecule has 1 heterocycles. The SMILES string of the molecule is CCCNCCc1csc(CSC2CCCC2)n1. The van der Waals surface area contributed by atoms with Crippen LogP contribution in [0.5, 0.6) is 0 Å². The first-order valence-electron chi connectivity index (χ1n) is 7.14. The second kappa shape index (κ2) is 8.18. The lowest BCUT2D eigenvalue weighted by Crippen LogP contribution is -2.17. The Morgan fingerprint density at radius 2 is 2.22 bits per heavy atom. The monoisotopic (exact) mass is 284 g/mol. The van der Waals surface area contributed by atoms with E-state index in [2.05, 4.69) is 29.4 Å². The van der Waals surface area contributed by atoms with Gasteiger partial charge < -0.3 is 5.32 Å². The average Bonchev–Trinajstić information content (AvgIpc) is 3.03. The van der Waals surface area contributed by atoms with E-state index in [1.54, 1.807) is 0 Å².